The molecule has 0 aliphatic heterocycles. The monoisotopic (exact) mass is 190 g/mol. The minimum absolute atomic E-state index is 1.20. The van der Waals surface area contributed by atoms with Gasteiger partial charge in [-0.15, -0.1) is 11.3 Å². The van der Waals surface area contributed by atoms with Gasteiger partial charge in [0.2, 0.25) is 0 Å². The fourth-order valence-corrected chi connectivity index (χ4v) is 1.18. The summed E-state index contributed by atoms with van der Waals surface area (Å²) in [6.45, 7) is 0. The van der Waals surface area contributed by atoms with Gasteiger partial charge in [-0.2, -0.15) is 0 Å². The Labute approximate surface area is 59.7 Å². The van der Waals surface area contributed by atoms with Crippen LogP contribution in [-0.4, -0.2) is 0 Å². The van der Waals surface area contributed by atoms with Gasteiger partial charge in [0.1, 0.15) is 0 Å². The molecule has 0 amide bonds. The standard InChI is InChI=1S/C4H3BrS.N2/c5-4-2-1-3-6-4;1-2/h1-3H;. The van der Waals surface area contributed by atoms with Gasteiger partial charge < -0.3 is 0 Å². The van der Waals surface area contributed by atoms with Crippen LogP contribution in [-0.2, 0) is 0 Å². The normalized spacial score (nSPS) is 6.88. The van der Waals surface area contributed by atoms with Crippen molar-refractivity contribution in [1.29, 1.82) is 10.8 Å². The number of halogens is 1. The average molecular weight is 191 g/mol. The highest BCUT2D eigenvalue weighted by Crippen LogP contribution is 2.14. The van der Waals surface area contributed by atoms with E-state index in [1.165, 1.54) is 3.79 Å². The van der Waals surface area contributed by atoms with Crippen LogP contribution >= 0.6 is 27.3 Å². The summed E-state index contributed by atoms with van der Waals surface area (Å²) in [7, 11) is 0. The van der Waals surface area contributed by atoms with Crippen molar-refractivity contribution in [2.75, 3.05) is 0 Å². The van der Waals surface area contributed by atoms with Crippen molar-refractivity contribution in [3.8, 4) is 0 Å². The molecule has 0 saturated heterocycles. The van der Waals surface area contributed by atoms with Gasteiger partial charge in [-0.25, -0.2) is 0 Å². The molecular weight excluding hydrogens is 188 g/mol. The molecule has 0 unspecified atom stereocenters. The van der Waals surface area contributed by atoms with Crippen LogP contribution in [0.1, 0.15) is 0 Å². The predicted molar refractivity (Wildman–Crippen MR) is 35.5 cm³/mol. The first kappa shape index (κ1) is 7.60. The Morgan fingerprint density at radius 3 is 2.25 bits per heavy atom. The molecule has 0 atom stereocenters. The van der Waals surface area contributed by atoms with Gasteiger partial charge in [0.15, 0.2) is 0 Å². The van der Waals surface area contributed by atoms with Crippen LogP contribution in [0.15, 0.2) is 21.3 Å². The lowest BCUT2D eigenvalue weighted by atomic mass is 10.7. The lowest BCUT2D eigenvalue weighted by molar-refractivity contribution is 1.15. The first-order chi connectivity index (χ1) is 3.89. The van der Waals surface area contributed by atoms with Crippen molar-refractivity contribution in [2.45, 2.75) is 0 Å². The summed E-state index contributed by atoms with van der Waals surface area (Å²) in [4.78, 5) is 0. The van der Waals surface area contributed by atoms with Crippen molar-refractivity contribution < 1.29 is 0 Å². The van der Waals surface area contributed by atoms with Crippen LogP contribution in [0.25, 0.3) is 0 Å². The Bertz CT molecular complexity index is 146. The molecule has 0 saturated carbocycles. The largest absolute Gasteiger partial charge is 0.137 e. The lowest BCUT2D eigenvalue weighted by Crippen LogP contribution is -1.29. The van der Waals surface area contributed by atoms with Crippen LogP contribution in [0.2, 0.25) is 0 Å². The van der Waals surface area contributed by atoms with Crippen molar-refractivity contribution in [3.63, 3.8) is 0 Å². The molecule has 0 aromatic carbocycles. The quantitative estimate of drug-likeness (QED) is 0.591. The Balaban J connectivity index is 0.000000222. The minimum atomic E-state index is 1.20. The zero-order valence-corrected chi connectivity index (χ0v) is 6.32. The smallest absolute Gasteiger partial charge is 0.0698 e. The summed E-state index contributed by atoms with van der Waals surface area (Å²) < 4.78 is 1.20. The first-order valence-corrected chi connectivity index (χ1v) is 3.46. The minimum Gasteiger partial charge on any atom is -0.137 e. The van der Waals surface area contributed by atoms with E-state index in [9.17, 15) is 0 Å². The summed E-state index contributed by atoms with van der Waals surface area (Å²) in [5.74, 6) is 0. The Hall–Kier alpha value is -0.400. The Morgan fingerprint density at radius 1 is 1.50 bits per heavy atom. The van der Waals surface area contributed by atoms with E-state index in [-0.39, 0.29) is 0 Å². The van der Waals surface area contributed by atoms with Crippen LogP contribution in [0.3, 0.4) is 0 Å². The number of hydrogen-bond acceptors (Lipinski definition) is 3. The van der Waals surface area contributed by atoms with Crippen LogP contribution in [0.5, 0.6) is 0 Å². The second kappa shape index (κ2) is 4.75. The summed E-state index contributed by atoms with van der Waals surface area (Å²) in [5, 5.41) is 14.0. The molecule has 1 aromatic rings. The number of rotatable bonds is 0. The van der Waals surface area contributed by atoms with Gasteiger partial charge in [-0.05, 0) is 27.4 Å². The number of thiophene rings is 1. The van der Waals surface area contributed by atoms with Gasteiger partial charge in [-0.1, -0.05) is 6.07 Å². The van der Waals surface area contributed by atoms with Gasteiger partial charge in [0.05, 0.1) is 3.79 Å². The van der Waals surface area contributed by atoms with E-state index in [1.54, 1.807) is 11.3 Å². The summed E-state index contributed by atoms with van der Waals surface area (Å²) in [5.41, 5.74) is 0. The molecule has 1 heterocycles. The molecule has 1 rings (SSSR count). The average Bonchev–Trinajstić information content (AvgIpc) is 2.24. The first-order valence-electron chi connectivity index (χ1n) is 1.78. The number of nitrogens with zero attached hydrogens (tertiary/aromatic N) is 2. The molecule has 0 aliphatic carbocycles. The van der Waals surface area contributed by atoms with Gasteiger partial charge in [-0.3, -0.25) is 0 Å². The lowest BCUT2D eigenvalue weighted by Gasteiger charge is -1.62. The SMILES string of the molecule is Brc1cccs1.N#N. The molecule has 0 bridgehead atoms. The molecule has 0 aliphatic rings. The van der Waals surface area contributed by atoms with Gasteiger partial charge in [0.25, 0.3) is 0 Å². The zero-order valence-electron chi connectivity index (χ0n) is 3.91. The highest BCUT2D eigenvalue weighted by molar-refractivity contribution is 9.11. The van der Waals surface area contributed by atoms with Crippen molar-refractivity contribution in [2.24, 2.45) is 0 Å². The van der Waals surface area contributed by atoms with E-state index in [2.05, 4.69) is 15.9 Å². The van der Waals surface area contributed by atoms with E-state index >= 15 is 0 Å². The second-order valence-electron chi connectivity index (χ2n) is 0.917. The van der Waals surface area contributed by atoms with Crippen molar-refractivity contribution >= 4 is 27.3 Å². The molecule has 1 aromatic heterocycles. The molecule has 0 N–H and O–H groups in total. The van der Waals surface area contributed by atoms with E-state index in [0.717, 1.165) is 0 Å². The third-order valence-electron chi connectivity index (χ3n) is 0.486. The topological polar surface area (TPSA) is 47.6 Å². The second-order valence-corrected chi connectivity index (χ2v) is 3.24. The maximum absolute atomic E-state index is 6.00. The molecule has 42 valence electrons. The zero-order chi connectivity index (χ0) is 6.41. The maximum atomic E-state index is 6.00. The molecule has 2 nitrogen and oxygen atoms in total. The molecule has 8 heavy (non-hydrogen) atoms. The highest BCUT2D eigenvalue weighted by Gasteiger charge is 1.77. The maximum Gasteiger partial charge on any atom is 0.0698 e. The van der Waals surface area contributed by atoms with E-state index in [1.807, 2.05) is 17.5 Å². The summed E-state index contributed by atoms with van der Waals surface area (Å²) >= 11 is 4.99. The third kappa shape index (κ3) is 2.72. The molecular formula is C4H3BrN2S. The highest BCUT2D eigenvalue weighted by atomic mass is 79.9. The molecule has 0 radical (unpaired) electrons. The fraction of sp³-hybridized carbons (Fsp3) is 0. The van der Waals surface area contributed by atoms with Crippen molar-refractivity contribution in [3.05, 3.63) is 21.3 Å². The predicted octanol–water partition coefficient (Wildman–Crippen LogP) is 2.54. The van der Waals surface area contributed by atoms with Crippen LogP contribution in [0, 0.1) is 10.8 Å². The summed E-state index contributed by atoms with van der Waals surface area (Å²) in [6, 6.07) is 4.03. The van der Waals surface area contributed by atoms with E-state index in [0.29, 0.717) is 0 Å². The molecule has 0 fully saturated rings. The van der Waals surface area contributed by atoms with Crippen LogP contribution in [0.4, 0.5) is 0 Å². The van der Waals surface area contributed by atoms with Gasteiger partial charge >= 0.3 is 0 Å². The Morgan fingerprint density at radius 2 is 2.12 bits per heavy atom. The number of hydrogen-bond donors (Lipinski definition) is 0. The fourth-order valence-electron chi connectivity index (χ4n) is 0.259. The molecule has 4 heteroatoms. The van der Waals surface area contributed by atoms with Gasteiger partial charge in [0, 0.05) is 10.8 Å². The third-order valence-corrected chi connectivity index (χ3v) is 1.97. The van der Waals surface area contributed by atoms with Crippen LogP contribution < -0.4 is 0 Å². The Kier molecular flexibility index (Phi) is 4.51. The molecule has 0 spiro atoms. The van der Waals surface area contributed by atoms with E-state index in [4.69, 9.17) is 10.8 Å². The van der Waals surface area contributed by atoms with Crippen molar-refractivity contribution in [1.82, 2.24) is 0 Å². The van der Waals surface area contributed by atoms with E-state index < -0.39 is 0 Å². The summed E-state index contributed by atoms with van der Waals surface area (Å²) in [6.07, 6.45) is 0.